The van der Waals surface area contributed by atoms with Crippen molar-refractivity contribution < 1.29 is 14.3 Å². The number of ether oxygens (including phenoxy) is 2. The SMILES string of the molecule is CCNC(=O)NC[C@H]1CC[C@@]2(COCCN(Cc3cccnc3)C2)O1. The molecule has 2 saturated heterocycles. The molecule has 0 radical (unpaired) electrons. The molecule has 1 aromatic rings. The summed E-state index contributed by atoms with van der Waals surface area (Å²) in [6.45, 7) is 6.99. The first-order chi connectivity index (χ1) is 12.2. The smallest absolute Gasteiger partial charge is 0.314 e. The van der Waals surface area contributed by atoms with E-state index in [4.69, 9.17) is 9.47 Å². The summed E-state index contributed by atoms with van der Waals surface area (Å²) in [5.41, 5.74) is 0.929. The Morgan fingerprint density at radius 1 is 1.48 bits per heavy atom. The minimum atomic E-state index is -0.272. The molecule has 7 nitrogen and oxygen atoms in total. The average molecular weight is 348 g/mol. The van der Waals surface area contributed by atoms with Crippen molar-refractivity contribution in [2.75, 3.05) is 39.4 Å². The fourth-order valence-electron chi connectivity index (χ4n) is 3.56. The average Bonchev–Trinajstić information content (AvgIpc) is 2.90. The molecule has 2 fully saturated rings. The summed E-state index contributed by atoms with van der Waals surface area (Å²) < 4.78 is 12.2. The minimum absolute atomic E-state index is 0.0459. The number of pyridine rings is 1. The number of nitrogens with zero attached hydrogens (tertiary/aromatic N) is 2. The standard InChI is InChI=1S/C18H28N4O3/c1-2-20-17(23)21-11-16-5-6-18(25-16)13-22(8-9-24-14-18)12-15-4-3-7-19-10-15/h3-4,7,10,16H,2,5-6,8-9,11-14H2,1H3,(H2,20,21,23)/t16-,18-/m1/s1. The molecular formula is C18H28N4O3. The number of rotatable bonds is 5. The highest BCUT2D eigenvalue weighted by atomic mass is 16.6. The van der Waals surface area contributed by atoms with Gasteiger partial charge in [0.05, 0.1) is 19.3 Å². The van der Waals surface area contributed by atoms with Crippen molar-refractivity contribution in [1.82, 2.24) is 20.5 Å². The molecule has 7 heteroatoms. The molecule has 2 atom stereocenters. The number of hydrogen-bond acceptors (Lipinski definition) is 5. The predicted molar refractivity (Wildman–Crippen MR) is 94.2 cm³/mol. The Morgan fingerprint density at radius 3 is 3.20 bits per heavy atom. The lowest BCUT2D eigenvalue weighted by molar-refractivity contribution is -0.0847. The maximum atomic E-state index is 11.6. The summed E-state index contributed by atoms with van der Waals surface area (Å²) in [6.07, 6.45) is 5.65. The largest absolute Gasteiger partial charge is 0.377 e. The van der Waals surface area contributed by atoms with Crippen molar-refractivity contribution in [3.05, 3.63) is 30.1 Å². The maximum absolute atomic E-state index is 11.6. The first-order valence-electron chi connectivity index (χ1n) is 9.08. The van der Waals surface area contributed by atoms with E-state index in [1.165, 1.54) is 5.56 Å². The van der Waals surface area contributed by atoms with Crippen molar-refractivity contribution in [3.8, 4) is 0 Å². The Morgan fingerprint density at radius 2 is 2.40 bits per heavy atom. The molecular weight excluding hydrogens is 320 g/mol. The van der Waals surface area contributed by atoms with Gasteiger partial charge < -0.3 is 20.1 Å². The van der Waals surface area contributed by atoms with Crippen LogP contribution in [0.2, 0.25) is 0 Å². The first kappa shape index (κ1) is 18.1. The summed E-state index contributed by atoms with van der Waals surface area (Å²) in [7, 11) is 0. The van der Waals surface area contributed by atoms with Crippen LogP contribution in [0, 0.1) is 0 Å². The number of aromatic nitrogens is 1. The minimum Gasteiger partial charge on any atom is -0.377 e. The summed E-state index contributed by atoms with van der Waals surface area (Å²) >= 11 is 0. The van der Waals surface area contributed by atoms with Crippen LogP contribution in [0.4, 0.5) is 4.79 Å². The van der Waals surface area contributed by atoms with Gasteiger partial charge in [0.1, 0.15) is 5.60 Å². The van der Waals surface area contributed by atoms with Crippen LogP contribution in [-0.2, 0) is 16.0 Å². The number of carbonyl (C=O) groups is 1. The zero-order valence-electron chi connectivity index (χ0n) is 14.9. The summed E-state index contributed by atoms with van der Waals surface area (Å²) in [6, 6.07) is 3.93. The monoisotopic (exact) mass is 348 g/mol. The first-order valence-corrected chi connectivity index (χ1v) is 9.08. The third kappa shape index (κ3) is 5.14. The van der Waals surface area contributed by atoms with E-state index in [2.05, 4.69) is 26.6 Å². The topological polar surface area (TPSA) is 75.7 Å². The van der Waals surface area contributed by atoms with Crippen molar-refractivity contribution in [1.29, 1.82) is 0 Å². The molecule has 1 spiro atoms. The van der Waals surface area contributed by atoms with Crippen LogP contribution < -0.4 is 10.6 Å². The van der Waals surface area contributed by atoms with Gasteiger partial charge in [-0.1, -0.05) is 6.07 Å². The van der Waals surface area contributed by atoms with Crippen molar-refractivity contribution in [3.63, 3.8) is 0 Å². The molecule has 2 aliphatic rings. The van der Waals surface area contributed by atoms with E-state index in [1.54, 1.807) is 6.20 Å². The second-order valence-electron chi connectivity index (χ2n) is 6.83. The molecule has 3 heterocycles. The van der Waals surface area contributed by atoms with E-state index in [-0.39, 0.29) is 17.7 Å². The van der Waals surface area contributed by atoms with Crippen LogP contribution in [0.1, 0.15) is 25.3 Å². The lowest BCUT2D eigenvalue weighted by Gasteiger charge is -2.32. The van der Waals surface area contributed by atoms with Gasteiger partial charge in [-0.2, -0.15) is 0 Å². The second-order valence-corrected chi connectivity index (χ2v) is 6.83. The quantitative estimate of drug-likeness (QED) is 0.835. The van der Waals surface area contributed by atoms with E-state index in [0.29, 0.717) is 26.3 Å². The fourth-order valence-corrected chi connectivity index (χ4v) is 3.56. The van der Waals surface area contributed by atoms with Gasteiger partial charge in [0, 0.05) is 45.1 Å². The molecule has 3 rings (SSSR count). The summed E-state index contributed by atoms with van der Waals surface area (Å²) in [5, 5.41) is 5.62. The molecule has 2 amide bonds. The highest BCUT2D eigenvalue weighted by Crippen LogP contribution is 2.33. The highest BCUT2D eigenvalue weighted by Gasteiger charge is 2.43. The number of urea groups is 1. The molecule has 25 heavy (non-hydrogen) atoms. The highest BCUT2D eigenvalue weighted by molar-refractivity contribution is 5.73. The molecule has 2 aliphatic heterocycles. The molecule has 0 aliphatic carbocycles. The van der Waals surface area contributed by atoms with Crippen LogP contribution in [0.15, 0.2) is 24.5 Å². The van der Waals surface area contributed by atoms with Gasteiger partial charge in [-0.25, -0.2) is 4.79 Å². The molecule has 0 unspecified atom stereocenters. The van der Waals surface area contributed by atoms with E-state index in [9.17, 15) is 4.79 Å². The van der Waals surface area contributed by atoms with Crippen molar-refractivity contribution in [2.45, 2.75) is 38.0 Å². The van der Waals surface area contributed by atoms with E-state index in [0.717, 1.165) is 32.5 Å². The molecule has 2 N–H and O–H groups in total. The van der Waals surface area contributed by atoms with Gasteiger partial charge in [0.2, 0.25) is 0 Å². The van der Waals surface area contributed by atoms with Gasteiger partial charge in [-0.15, -0.1) is 0 Å². The van der Waals surface area contributed by atoms with Crippen LogP contribution >= 0.6 is 0 Å². The molecule has 0 aromatic carbocycles. The molecule has 1 aromatic heterocycles. The third-order valence-electron chi connectivity index (χ3n) is 4.72. The van der Waals surface area contributed by atoms with Gasteiger partial charge in [-0.05, 0) is 31.4 Å². The molecule has 0 bridgehead atoms. The zero-order chi connectivity index (χ0) is 17.5. The summed E-state index contributed by atoms with van der Waals surface area (Å²) in [5.74, 6) is 0. The maximum Gasteiger partial charge on any atom is 0.314 e. The zero-order valence-corrected chi connectivity index (χ0v) is 14.9. The van der Waals surface area contributed by atoms with Crippen LogP contribution in [0.25, 0.3) is 0 Å². The van der Waals surface area contributed by atoms with Crippen LogP contribution in [-0.4, -0.2) is 67.0 Å². The van der Waals surface area contributed by atoms with Crippen molar-refractivity contribution >= 4 is 6.03 Å². The van der Waals surface area contributed by atoms with Gasteiger partial charge >= 0.3 is 6.03 Å². The van der Waals surface area contributed by atoms with Gasteiger partial charge in [0.15, 0.2) is 0 Å². The Bertz CT molecular complexity index is 557. The Labute approximate surface area is 149 Å². The van der Waals surface area contributed by atoms with E-state index >= 15 is 0 Å². The number of hydrogen-bond donors (Lipinski definition) is 2. The normalized spacial score (nSPS) is 27.2. The summed E-state index contributed by atoms with van der Waals surface area (Å²) in [4.78, 5) is 18.1. The molecule has 0 saturated carbocycles. The fraction of sp³-hybridized carbons (Fsp3) is 0.667. The van der Waals surface area contributed by atoms with Gasteiger partial charge in [0.25, 0.3) is 0 Å². The predicted octanol–water partition coefficient (Wildman–Crippen LogP) is 1.15. The van der Waals surface area contributed by atoms with E-state index in [1.807, 2.05) is 19.2 Å². The third-order valence-corrected chi connectivity index (χ3v) is 4.72. The van der Waals surface area contributed by atoms with Gasteiger partial charge in [-0.3, -0.25) is 9.88 Å². The van der Waals surface area contributed by atoms with E-state index < -0.39 is 0 Å². The van der Waals surface area contributed by atoms with Crippen molar-refractivity contribution in [2.24, 2.45) is 0 Å². The molecule has 138 valence electrons. The lowest BCUT2D eigenvalue weighted by Crippen LogP contribution is -2.46. The Balaban J connectivity index is 1.54. The Kier molecular flexibility index (Phi) is 6.23. The number of carbonyl (C=O) groups excluding carboxylic acids is 1. The Hall–Kier alpha value is -1.70. The number of amides is 2. The second kappa shape index (κ2) is 8.60. The van der Waals surface area contributed by atoms with Crippen LogP contribution in [0.5, 0.6) is 0 Å². The number of nitrogens with one attached hydrogen (secondary N) is 2. The lowest BCUT2D eigenvalue weighted by atomic mass is 10.00. The van der Waals surface area contributed by atoms with Crippen LogP contribution in [0.3, 0.4) is 0 Å².